The van der Waals surface area contributed by atoms with Gasteiger partial charge in [-0.2, -0.15) is 5.10 Å². The topological polar surface area (TPSA) is 94.8 Å². The lowest BCUT2D eigenvalue weighted by Crippen LogP contribution is -2.17. The molecule has 31 heavy (non-hydrogen) atoms. The third-order valence-corrected chi connectivity index (χ3v) is 4.42. The van der Waals surface area contributed by atoms with E-state index in [1.165, 1.54) is 23.9 Å². The summed E-state index contributed by atoms with van der Waals surface area (Å²) in [6.07, 6.45) is 1.91. The van der Waals surface area contributed by atoms with Gasteiger partial charge in [0.1, 0.15) is 23.9 Å². The van der Waals surface area contributed by atoms with E-state index in [-0.39, 0.29) is 41.5 Å². The van der Waals surface area contributed by atoms with Gasteiger partial charge in [0, 0.05) is 5.56 Å². The Balaban J connectivity index is 1.78. The minimum atomic E-state index is -0.799. The molecular formula is C20H15F3N6O2. The maximum absolute atomic E-state index is 14.1. The molecule has 0 radical (unpaired) electrons. The highest BCUT2D eigenvalue weighted by molar-refractivity contribution is 5.89. The SMILES string of the molecule is COC(=O)CNc1nc(-c2nn(Cc3ccccc3F)c3ncc(F)cc23)ncc1F. The monoisotopic (exact) mass is 428 g/mol. The third kappa shape index (κ3) is 4.15. The van der Waals surface area contributed by atoms with Gasteiger partial charge in [-0.1, -0.05) is 18.2 Å². The van der Waals surface area contributed by atoms with Crippen molar-refractivity contribution in [3.8, 4) is 11.5 Å². The quantitative estimate of drug-likeness (QED) is 0.472. The number of anilines is 1. The van der Waals surface area contributed by atoms with Crippen LogP contribution >= 0.6 is 0 Å². The van der Waals surface area contributed by atoms with Gasteiger partial charge in [0.15, 0.2) is 23.1 Å². The molecule has 0 bridgehead atoms. The number of methoxy groups -OCH3 is 1. The van der Waals surface area contributed by atoms with Crippen molar-refractivity contribution in [3.05, 3.63) is 65.7 Å². The standard InChI is InChI=1S/C20H15F3N6O2/c1-31-16(30)9-25-18-15(23)8-24-19(27-18)17-13-6-12(21)7-26-20(13)29(28-17)10-11-4-2-3-5-14(11)22/h2-8H,9-10H2,1H3,(H,24,25,27). The Bertz CT molecular complexity index is 1280. The molecule has 3 aromatic heterocycles. The first-order valence-corrected chi connectivity index (χ1v) is 9.05. The van der Waals surface area contributed by atoms with Gasteiger partial charge in [-0.05, 0) is 12.1 Å². The van der Waals surface area contributed by atoms with E-state index in [4.69, 9.17) is 0 Å². The number of nitrogens with zero attached hydrogens (tertiary/aromatic N) is 5. The molecule has 0 saturated heterocycles. The number of esters is 1. The van der Waals surface area contributed by atoms with Crippen LogP contribution in [-0.2, 0) is 16.1 Å². The first-order valence-electron chi connectivity index (χ1n) is 9.05. The molecule has 4 rings (SSSR count). The van der Waals surface area contributed by atoms with Crippen molar-refractivity contribution in [3.63, 3.8) is 0 Å². The number of fused-ring (bicyclic) bond motifs is 1. The van der Waals surface area contributed by atoms with Crippen LogP contribution in [0.15, 0.2) is 42.7 Å². The summed E-state index contributed by atoms with van der Waals surface area (Å²) >= 11 is 0. The number of pyridine rings is 1. The molecule has 0 unspecified atom stereocenters. The molecular weight excluding hydrogens is 413 g/mol. The van der Waals surface area contributed by atoms with Crippen molar-refractivity contribution < 1.29 is 22.7 Å². The Labute approximate surface area is 173 Å². The molecule has 1 N–H and O–H groups in total. The van der Waals surface area contributed by atoms with Crippen molar-refractivity contribution in [2.45, 2.75) is 6.54 Å². The molecule has 3 heterocycles. The molecule has 1 aromatic carbocycles. The number of rotatable bonds is 6. The summed E-state index contributed by atoms with van der Waals surface area (Å²) < 4.78 is 48.0. The molecule has 0 spiro atoms. The Morgan fingerprint density at radius 3 is 2.71 bits per heavy atom. The molecule has 0 saturated carbocycles. The molecule has 0 amide bonds. The van der Waals surface area contributed by atoms with Gasteiger partial charge in [0.05, 0.1) is 31.4 Å². The number of ether oxygens (including phenoxy) is 1. The fourth-order valence-corrected chi connectivity index (χ4v) is 2.93. The fraction of sp³-hybridized carbons (Fsp3) is 0.150. The van der Waals surface area contributed by atoms with E-state index >= 15 is 0 Å². The molecule has 11 heteroatoms. The van der Waals surface area contributed by atoms with Crippen molar-refractivity contribution in [2.24, 2.45) is 0 Å². The van der Waals surface area contributed by atoms with E-state index in [9.17, 15) is 18.0 Å². The van der Waals surface area contributed by atoms with Gasteiger partial charge < -0.3 is 10.1 Å². The van der Waals surface area contributed by atoms with Crippen molar-refractivity contribution in [1.29, 1.82) is 0 Å². The Morgan fingerprint density at radius 2 is 1.94 bits per heavy atom. The van der Waals surface area contributed by atoms with Crippen molar-refractivity contribution in [2.75, 3.05) is 19.0 Å². The van der Waals surface area contributed by atoms with Gasteiger partial charge in [-0.3, -0.25) is 4.79 Å². The van der Waals surface area contributed by atoms with Gasteiger partial charge in [-0.25, -0.2) is 32.8 Å². The summed E-state index contributed by atoms with van der Waals surface area (Å²) in [5.74, 6) is -2.75. The van der Waals surface area contributed by atoms with Crippen LogP contribution in [-0.4, -0.2) is 44.4 Å². The highest BCUT2D eigenvalue weighted by atomic mass is 19.1. The lowest BCUT2D eigenvalue weighted by molar-refractivity contribution is -0.138. The molecule has 0 aliphatic carbocycles. The second-order valence-electron chi connectivity index (χ2n) is 6.44. The minimum Gasteiger partial charge on any atom is -0.468 e. The van der Waals surface area contributed by atoms with Crippen LogP contribution < -0.4 is 5.32 Å². The van der Waals surface area contributed by atoms with Crippen LogP contribution in [0.2, 0.25) is 0 Å². The van der Waals surface area contributed by atoms with E-state index in [2.05, 4.69) is 30.1 Å². The zero-order chi connectivity index (χ0) is 22.0. The molecule has 4 aromatic rings. The lowest BCUT2D eigenvalue weighted by atomic mass is 10.2. The highest BCUT2D eigenvalue weighted by Gasteiger charge is 2.19. The molecule has 0 fully saturated rings. The number of hydrogen-bond acceptors (Lipinski definition) is 7. The van der Waals surface area contributed by atoms with Crippen molar-refractivity contribution in [1.82, 2.24) is 24.7 Å². The molecule has 0 aliphatic rings. The van der Waals surface area contributed by atoms with Gasteiger partial charge in [0.25, 0.3) is 0 Å². The number of aromatic nitrogens is 5. The first-order chi connectivity index (χ1) is 15.0. The maximum atomic E-state index is 14.1. The Hall–Kier alpha value is -4.02. The Kier molecular flexibility index (Phi) is 5.48. The normalized spacial score (nSPS) is 11.0. The van der Waals surface area contributed by atoms with E-state index < -0.39 is 23.4 Å². The van der Waals surface area contributed by atoms with Crippen LogP contribution in [0.25, 0.3) is 22.6 Å². The van der Waals surface area contributed by atoms with E-state index in [1.54, 1.807) is 18.2 Å². The van der Waals surface area contributed by atoms with Gasteiger partial charge in [-0.15, -0.1) is 0 Å². The third-order valence-electron chi connectivity index (χ3n) is 4.42. The van der Waals surface area contributed by atoms with Gasteiger partial charge in [0.2, 0.25) is 0 Å². The first kappa shape index (κ1) is 20.3. The smallest absolute Gasteiger partial charge is 0.325 e. The van der Waals surface area contributed by atoms with Crippen LogP contribution in [0.5, 0.6) is 0 Å². The number of benzene rings is 1. The average molecular weight is 428 g/mol. The summed E-state index contributed by atoms with van der Waals surface area (Å²) in [6, 6.07) is 7.35. The average Bonchev–Trinajstić information content (AvgIpc) is 3.12. The molecule has 0 atom stereocenters. The minimum absolute atomic E-state index is 0.0243. The zero-order valence-corrected chi connectivity index (χ0v) is 16.1. The number of carbonyl (C=O) groups excluding carboxylic acids is 1. The summed E-state index contributed by atoms with van der Waals surface area (Å²) in [4.78, 5) is 23.4. The second kappa shape index (κ2) is 8.38. The van der Waals surface area contributed by atoms with E-state index in [0.29, 0.717) is 5.56 Å². The predicted molar refractivity (Wildman–Crippen MR) is 104 cm³/mol. The predicted octanol–water partition coefficient (Wildman–Crippen LogP) is 2.94. The second-order valence-corrected chi connectivity index (χ2v) is 6.44. The van der Waals surface area contributed by atoms with Crippen LogP contribution in [0.3, 0.4) is 0 Å². The highest BCUT2D eigenvalue weighted by Crippen LogP contribution is 2.27. The zero-order valence-electron chi connectivity index (χ0n) is 16.1. The van der Waals surface area contributed by atoms with Crippen LogP contribution in [0.1, 0.15) is 5.56 Å². The van der Waals surface area contributed by atoms with Gasteiger partial charge >= 0.3 is 5.97 Å². The van der Waals surface area contributed by atoms with E-state index in [1.807, 2.05) is 0 Å². The summed E-state index contributed by atoms with van der Waals surface area (Å²) in [5, 5.41) is 7.15. The van der Waals surface area contributed by atoms with E-state index in [0.717, 1.165) is 12.4 Å². The summed E-state index contributed by atoms with van der Waals surface area (Å²) in [7, 11) is 1.20. The summed E-state index contributed by atoms with van der Waals surface area (Å²) in [5.41, 5.74) is 0.751. The largest absolute Gasteiger partial charge is 0.468 e. The van der Waals surface area contributed by atoms with Crippen molar-refractivity contribution >= 4 is 22.8 Å². The Morgan fingerprint density at radius 1 is 1.13 bits per heavy atom. The molecule has 0 aliphatic heterocycles. The summed E-state index contributed by atoms with van der Waals surface area (Å²) in [6.45, 7) is -0.293. The molecule has 8 nitrogen and oxygen atoms in total. The molecule has 158 valence electrons. The van der Waals surface area contributed by atoms with Crippen LogP contribution in [0, 0.1) is 17.5 Å². The maximum Gasteiger partial charge on any atom is 0.325 e. The van der Waals surface area contributed by atoms with Crippen LogP contribution in [0.4, 0.5) is 19.0 Å². The number of halogens is 3. The fourth-order valence-electron chi connectivity index (χ4n) is 2.93. The number of carbonyl (C=O) groups is 1. The lowest BCUT2D eigenvalue weighted by Gasteiger charge is -2.06. The number of hydrogen-bond donors (Lipinski definition) is 1. The number of nitrogens with one attached hydrogen (secondary N) is 1.